The predicted molar refractivity (Wildman–Crippen MR) is 99.7 cm³/mol. The van der Waals surface area contributed by atoms with Gasteiger partial charge in [0, 0.05) is 25.2 Å². The first kappa shape index (κ1) is 18.0. The van der Waals surface area contributed by atoms with E-state index in [9.17, 15) is 5.26 Å². The summed E-state index contributed by atoms with van der Waals surface area (Å²) in [5.41, 5.74) is 1.62. The number of nitriles is 1. The lowest BCUT2D eigenvalue weighted by Crippen LogP contribution is -2.40. The summed E-state index contributed by atoms with van der Waals surface area (Å²) in [6, 6.07) is 10.4. The van der Waals surface area contributed by atoms with E-state index in [2.05, 4.69) is 27.9 Å². The Morgan fingerprint density at radius 1 is 1.36 bits per heavy atom. The average Bonchev–Trinajstić information content (AvgIpc) is 3.01. The number of ether oxygens (including phenoxy) is 2. The van der Waals surface area contributed by atoms with Gasteiger partial charge in [-0.25, -0.2) is 0 Å². The van der Waals surface area contributed by atoms with Crippen LogP contribution in [0.25, 0.3) is 0 Å². The Morgan fingerprint density at radius 2 is 2.08 bits per heavy atom. The number of hydrogen-bond donors (Lipinski definition) is 1. The number of nitrogens with zero attached hydrogens (tertiary/aromatic N) is 2. The standard InChI is InChI=1S/C18H20ClN3O2S/c1-2-24-14-5-3-13(4-6-14)18(7-9-23-10-8-18)12-21-17-15(11-20)16(19)22-25-17/h3-6,21H,2,7-10,12H2,1H3. The van der Waals surface area contributed by atoms with Crippen molar-refractivity contribution in [2.24, 2.45) is 0 Å². The normalized spacial score (nSPS) is 16.2. The lowest BCUT2D eigenvalue weighted by atomic mass is 9.74. The fraction of sp³-hybridized carbons (Fsp3) is 0.444. The Kier molecular flexibility index (Phi) is 5.79. The van der Waals surface area contributed by atoms with Crippen LogP contribution in [-0.2, 0) is 10.2 Å². The summed E-state index contributed by atoms with van der Waals surface area (Å²) in [4.78, 5) is 0. The number of rotatable bonds is 6. The molecule has 2 heterocycles. The van der Waals surface area contributed by atoms with Gasteiger partial charge in [0.05, 0.1) is 6.61 Å². The molecule has 1 aliphatic rings. The van der Waals surface area contributed by atoms with Crippen molar-refractivity contribution < 1.29 is 9.47 Å². The molecule has 0 radical (unpaired) electrons. The Morgan fingerprint density at radius 3 is 2.72 bits per heavy atom. The second-order valence-electron chi connectivity index (χ2n) is 5.99. The molecule has 1 aromatic carbocycles. The van der Waals surface area contributed by atoms with Gasteiger partial charge in [0.15, 0.2) is 5.15 Å². The largest absolute Gasteiger partial charge is 0.494 e. The summed E-state index contributed by atoms with van der Waals surface area (Å²) >= 11 is 7.19. The molecule has 0 amide bonds. The number of nitrogens with one attached hydrogen (secondary N) is 1. The van der Waals surface area contributed by atoms with Crippen LogP contribution >= 0.6 is 23.1 Å². The molecule has 1 aliphatic heterocycles. The van der Waals surface area contributed by atoms with E-state index < -0.39 is 0 Å². The first-order chi connectivity index (χ1) is 12.2. The zero-order chi connectivity index (χ0) is 17.7. The maximum Gasteiger partial charge on any atom is 0.162 e. The lowest BCUT2D eigenvalue weighted by molar-refractivity contribution is 0.0544. The van der Waals surface area contributed by atoms with Crippen molar-refractivity contribution in [3.63, 3.8) is 0 Å². The maximum atomic E-state index is 9.25. The van der Waals surface area contributed by atoms with E-state index in [1.54, 1.807) is 0 Å². The number of halogens is 1. The Labute approximate surface area is 156 Å². The Balaban J connectivity index is 1.82. The van der Waals surface area contributed by atoms with Crippen LogP contribution in [0.1, 0.15) is 30.9 Å². The highest BCUT2D eigenvalue weighted by Crippen LogP contribution is 2.37. The van der Waals surface area contributed by atoms with Gasteiger partial charge in [0.2, 0.25) is 0 Å². The molecule has 1 saturated heterocycles. The topological polar surface area (TPSA) is 67.2 Å². The summed E-state index contributed by atoms with van der Waals surface area (Å²) in [5.74, 6) is 0.877. The molecular weight excluding hydrogens is 358 g/mol. The molecule has 0 unspecified atom stereocenters. The third-order valence-corrected chi connectivity index (χ3v) is 5.76. The molecule has 7 heteroatoms. The van der Waals surface area contributed by atoms with Crippen LogP contribution in [0.3, 0.4) is 0 Å². The molecule has 1 fully saturated rings. The van der Waals surface area contributed by atoms with Gasteiger partial charge in [0.25, 0.3) is 0 Å². The summed E-state index contributed by atoms with van der Waals surface area (Å²) < 4.78 is 15.2. The third kappa shape index (κ3) is 3.90. The molecule has 0 aliphatic carbocycles. The van der Waals surface area contributed by atoms with E-state index in [-0.39, 0.29) is 10.6 Å². The molecule has 0 saturated carbocycles. The second-order valence-corrected chi connectivity index (χ2v) is 7.12. The highest BCUT2D eigenvalue weighted by molar-refractivity contribution is 7.10. The first-order valence-electron chi connectivity index (χ1n) is 8.29. The summed E-state index contributed by atoms with van der Waals surface area (Å²) in [6.07, 6.45) is 1.84. The minimum atomic E-state index is -0.0494. The fourth-order valence-electron chi connectivity index (χ4n) is 3.14. The van der Waals surface area contributed by atoms with Crippen molar-refractivity contribution >= 4 is 28.1 Å². The third-order valence-electron chi connectivity index (χ3n) is 4.58. The van der Waals surface area contributed by atoms with E-state index in [0.717, 1.165) is 36.8 Å². The van der Waals surface area contributed by atoms with Crippen molar-refractivity contribution in [1.82, 2.24) is 4.37 Å². The molecule has 3 rings (SSSR count). The van der Waals surface area contributed by atoms with E-state index in [0.29, 0.717) is 18.7 Å². The van der Waals surface area contributed by atoms with Gasteiger partial charge in [-0.15, -0.1) is 0 Å². The number of hydrogen-bond acceptors (Lipinski definition) is 6. The Hall–Kier alpha value is -1.81. The van der Waals surface area contributed by atoms with Gasteiger partial charge in [-0.05, 0) is 49.0 Å². The molecule has 0 spiro atoms. The molecule has 0 atom stereocenters. The van der Waals surface area contributed by atoms with E-state index in [1.165, 1.54) is 17.1 Å². The number of benzene rings is 1. The molecule has 0 bridgehead atoms. The fourth-order valence-corrected chi connectivity index (χ4v) is 4.07. The minimum absolute atomic E-state index is 0.0494. The van der Waals surface area contributed by atoms with Crippen LogP contribution in [0.2, 0.25) is 5.15 Å². The van der Waals surface area contributed by atoms with Crippen molar-refractivity contribution in [2.75, 3.05) is 31.7 Å². The first-order valence-corrected chi connectivity index (χ1v) is 9.44. The zero-order valence-corrected chi connectivity index (χ0v) is 15.6. The second kappa shape index (κ2) is 8.05. The highest BCUT2D eigenvalue weighted by Gasteiger charge is 2.35. The van der Waals surface area contributed by atoms with Crippen LogP contribution < -0.4 is 10.1 Å². The number of aromatic nitrogens is 1. The van der Waals surface area contributed by atoms with Crippen molar-refractivity contribution in [2.45, 2.75) is 25.2 Å². The minimum Gasteiger partial charge on any atom is -0.494 e. The van der Waals surface area contributed by atoms with Crippen molar-refractivity contribution in [1.29, 1.82) is 5.26 Å². The van der Waals surface area contributed by atoms with Crippen LogP contribution in [0.5, 0.6) is 5.75 Å². The summed E-state index contributed by atoms with van der Waals surface area (Å²) in [6.45, 7) is 4.79. The smallest absolute Gasteiger partial charge is 0.162 e. The van der Waals surface area contributed by atoms with Gasteiger partial charge in [-0.2, -0.15) is 9.64 Å². The SMILES string of the molecule is CCOc1ccc(C2(CNc3snc(Cl)c3C#N)CCOCC2)cc1. The Bertz CT molecular complexity index is 749. The quantitative estimate of drug-likeness (QED) is 0.816. The molecule has 2 aromatic rings. The van der Waals surface area contributed by atoms with Crippen LogP contribution in [0, 0.1) is 11.3 Å². The monoisotopic (exact) mass is 377 g/mol. The summed E-state index contributed by atoms with van der Waals surface area (Å²) in [7, 11) is 0. The zero-order valence-electron chi connectivity index (χ0n) is 14.0. The molecule has 1 aromatic heterocycles. The van der Waals surface area contributed by atoms with Crippen LogP contribution in [-0.4, -0.2) is 30.7 Å². The van der Waals surface area contributed by atoms with Gasteiger partial charge in [0.1, 0.15) is 22.4 Å². The van der Waals surface area contributed by atoms with E-state index >= 15 is 0 Å². The van der Waals surface area contributed by atoms with Crippen molar-refractivity contribution in [3.8, 4) is 11.8 Å². The van der Waals surface area contributed by atoms with E-state index in [1.807, 2.05) is 19.1 Å². The average molecular weight is 378 g/mol. The van der Waals surface area contributed by atoms with Gasteiger partial charge < -0.3 is 14.8 Å². The molecule has 25 heavy (non-hydrogen) atoms. The van der Waals surface area contributed by atoms with Gasteiger partial charge in [-0.1, -0.05) is 23.7 Å². The van der Waals surface area contributed by atoms with Crippen LogP contribution in [0.15, 0.2) is 24.3 Å². The highest BCUT2D eigenvalue weighted by atomic mass is 35.5. The molecule has 5 nitrogen and oxygen atoms in total. The molecular formula is C18H20ClN3O2S. The lowest BCUT2D eigenvalue weighted by Gasteiger charge is -2.38. The van der Waals surface area contributed by atoms with Crippen LogP contribution in [0.4, 0.5) is 5.00 Å². The van der Waals surface area contributed by atoms with E-state index in [4.69, 9.17) is 21.1 Å². The van der Waals surface area contributed by atoms with Gasteiger partial charge in [-0.3, -0.25) is 0 Å². The molecule has 132 valence electrons. The predicted octanol–water partition coefficient (Wildman–Crippen LogP) is 4.23. The molecule has 1 N–H and O–H groups in total. The summed E-state index contributed by atoms with van der Waals surface area (Å²) in [5, 5.41) is 13.6. The number of anilines is 1. The van der Waals surface area contributed by atoms with Crippen molar-refractivity contribution in [3.05, 3.63) is 40.5 Å². The maximum absolute atomic E-state index is 9.25. The van der Waals surface area contributed by atoms with Gasteiger partial charge >= 0.3 is 0 Å².